The molecule has 7 nitrogen and oxygen atoms in total. The van der Waals surface area contributed by atoms with E-state index in [1.165, 1.54) is 4.31 Å². The second kappa shape index (κ2) is 11.3. The third-order valence-electron chi connectivity index (χ3n) is 7.33. The first kappa shape index (κ1) is 26.6. The number of aliphatic carboxylic acids is 1. The summed E-state index contributed by atoms with van der Waals surface area (Å²) in [7, 11) is -3.68. The van der Waals surface area contributed by atoms with Crippen LogP contribution in [0.2, 0.25) is 0 Å². The van der Waals surface area contributed by atoms with Crippen molar-refractivity contribution in [2.75, 3.05) is 13.1 Å². The van der Waals surface area contributed by atoms with Gasteiger partial charge < -0.3 is 10.4 Å². The molecule has 1 amide bonds. The van der Waals surface area contributed by atoms with E-state index >= 15 is 0 Å². The number of carbonyl (C=O) groups excluding carboxylic acids is 1. The molecule has 2 unspecified atom stereocenters. The molecular weight excluding hydrogens is 488 g/mol. The van der Waals surface area contributed by atoms with Gasteiger partial charge in [0.25, 0.3) is 0 Å². The monoisotopic (exact) mass is 520 g/mol. The Morgan fingerprint density at radius 1 is 0.892 bits per heavy atom. The number of carboxylic acid groups (broad SMARTS) is 1. The van der Waals surface area contributed by atoms with Crippen molar-refractivity contribution in [3.63, 3.8) is 0 Å². The van der Waals surface area contributed by atoms with Gasteiger partial charge in [-0.15, -0.1) is 0 Å². The molecule has 0 aromatic heterocycles. The van der Waals surface area contributed by atoms with E-state index in [1.54, 1.807) is 37.3 Å². The maximum atomic E-state index is 14.0. The van der Waals surface area contributed by atoms with Gasteiger partial charge in [-0.1, -0.05) is 78.9 Å². The lowest BCUT2D eigenvalue weighted by Crippen LogP contribution is -2.56. The Balaban J connectivity index is 1.61. The number of sulfonamides is 1. The van der Waals surface area contributed by atoms with Crippen LogP contribution in [0, 0.1) is 5.92 Å². The maximum Gasteiger partial charge on any atom is 0.308 e. The second-order valence-corrected chi connectivity index (χ2v) is 11.5. The number of carboxylic acids is 1. The van der Waals surface area contributed by atoms with E-state index in [0.717, 1.165) is 11.1 Å². The summed E-state index contributed by atoms with van der Waals surface area (Å²) < 4.78 is 27.8. The summed E-state index contributed by atoms with van der Waals surface area (Å²) in [6.07, 6.45) is 0.947. The highest BCUT2D eigenvalue weighted by atomic mass is 32.2. The van der Waals surface area contributed by atoms with E-state index in [9.17, 15) is 23.1 Å². The Bertz CT molecular complexity index is 1310. The van der Waals surface area contributed by atoms with Crippen molar-refractivity contribution in [3.8, 4) is 0 Å². The van der Waals surface area contributed by atoms with Crippen LogP contribution < -0.4 is 5.32 Å². The number of benzene rings is 3. The quantitative estimate of drug-likeness (QED) is 0.446. The maximum absolute atomic E-state index is 14.0. The minimum Gasteiger partial charge on any atom is -0.481 e. The third-order valence-corrected chi connectivity index (χ3v) is 9.24. The Morgan fingerprint density at radius 2 is 1.41 bits per heavy atom. The van der Waals surface area contributed by atoms with Crippen LogP contribution in [0.15, 0.2) is 95.9 Å². The number of nitrogens with one attached hydrogen (secondary N) is 1. The van der Waals surface area contributed by atoms with E-state index in [2.05, 4.69) is 5.32 Å². The van der Waals surface area contributed by atoms with Crippen LogP contribution in [0.25, 0.3) is 0 Å². The molecule has 1 heterocycles. The van der Waals surface area contributed by atoms with Gasteiger partial charge in [0.05, 0.1) is 16.2 Å². The molecule has 1 fully saturated rings. The number of piperidine rings is 1. The zero-order chi connectivity index (χ0) is 26.5. The molecular formula is C29H32N2O5S. The zero-order valence-electron chi connectivity index (χ0n) is 20.8. The predicted octanol–water partition coefficient (Wildman–Crippen LogP) is 3.86. The van der Waals surface area contributed by atoms with Crippen molar-refractivity contribution < 1.29 is 23.1 Å². The molecule has 37 heavy (non-hydrogen) atoms. The van der Waals surface area contributed by atoms with Gasteiger partial charge in [0.15, 0.2) is 0 Å². The normalized spacial score (nSPS) is 17.4. The number of amides is 1. The molecule has 1 saturated heterocycles. The van der Waals surface area contributed by atoms with Crippen molar-refractivity contribution in [2.45, 2.75) is 42.5 Å². The van der Waals surface area contributed by atoms with Crippen LogP contribution in [0.5, 0.6) is 0 Å². The molecule has 0 aliphatic carbocycles. The van der Waals surface area contributed by atoms with Crippen molar-refractivity contribution in [3.05, 3.63) is 102 Å². The fourth-order valence-corrected chi connectivity index (χ4v) is 6.42. The lowest BCUT2D eigenvalue weighted by Gasteiger charge is -2.41. The smallest absolute Gasteiger partial charge is 0.308 e. The highest BCUT2D eigenvalue weighted by molar-refractivity contribution is 7.89. The minimum absolute atomic E-state index is 0.178. The Hall–Kier alpha value is -3.49. The van der Waals surface area contributed by atoms with E-state index in [4.69, 9.17) is 0 Å². The van der Waals surface area contributed by atoms with E-state index < -0.39 is 33.4 Å². The molecule has 0 radical (unpaired) electrons. The van der Waals surface area contributed by atoms with E-state index in [1.807, 2.05) is 60.7 Å². The Labute approximate surface area is 218 Å². The van der Waals surface area contributed by atoms with Crippen LogP contribution >= 0.6 is 0 Å². The standard InChI is InChI=1S/C29H32N2O5S/c1-22(27(32)33)26(21-23-11-5-2-6-12-23)30-28(34)29(24-13-7-3-8-14-24)17-19-31(20-18-29)37(35,36)25-15-9-4-10-16-25/h2-16,22,26H,17-21H2,1H3,(H,30,34)(H,32,33). The fourth-order valence-electron chi connectivity index (χ4n) is 4.95. The summed E-state index contributed by atoms with van der Waals surface area (Å²) in [6, 6.07) is 26.5. The highest BCUT2D eigenvalue weighted by Crippen LogP contribution is 2.38. The van der Waals surface area contributed by atoms with E-state index in [0.29, 0.717) is 6.42 Å². The molecule has 0 saturated carbocycles. The van der Waals surface area contributed by atoms with Crippen molar-refractivity contribution in [2.24, 2.45) is 5.92 Å². The predicted molar refractivity (Wildman–Crippen MR) is 141 cm³/mol. The van der Waals surface area contributed by atoms with Crippen LogP contribution in [0.4, 0.5) is 0 Å². The van der Waals surface area contributed by atoms with Gasteiger partial charge in [0.1, 0.15) is 0 Å². The average Bonchev–Trinajstić information content (AvgIpc) is 2.93. The van der Waals surface area contributed by atoms with Crippen molar-refractivity contribution in [1.82, 2.24) is 9.62 Å². The molecule has 2 N–H and O–H groups in total. The first-order chi connectivity index (χ1) is 17.7. The molecule has 194 valence electrons. The summed E-state index contributed by atoms with van der Waals surface area (Å²) in [4.78, 5) is 26.1. The molecule has 4 rings (SSSR count). The molecule has 3 aromatic carbocycles. The van der Waals surface area contributed by atoms with Gasteiger partial charge in [-0.3, -0.25) is 9.59 Å². The second-order valence-electron chi connectivity index (χ2n) is 9.56. The molecule has 8 heteroatoms. The molecule has 1 aliphatic rings. The molecule has 0 bridgehead atoms. The SMILES string of the molecule is CC(C(=O)O)C(Cc1ccccc1)NC(=O)C1(c2ccccc2)CCN(S(=O)(=O)c2ccccc2)CC1. The summed E-state index contributed by atoms with van der Waals surface area (Å²) in [5.41, 5.74) is 0.751. The summed E-state index contributed by atoms with van der Waals surface area (Å²) >= 11 is 0. The molecule has 1 aliphatic heterocycles. The van der Waals surface area contributed by atoms with Crippen molar-refractivity contribution in [1.29, 1.82) is 0 Å². The number of rotatable bonds is 9. The van der Waals surface area contributed by atoms with Gasteiger partial charge in [-0.25, -0.2) is 8.42 Å². The average molecular weight is 521 g/mol. The summed E-state index contributed by atoms with van der Waals surface area (Å²) in [5, 5.41) is 12.8. The number of hydrogen-bond acceptors (Lipinski definition) is 4. The first-order valence-corrected chi connectivity index (χ1v) is 13.9. The third kappa shape index (κ3) is 5.76. The molecule has 3 aromatic rings. The lowest BCUT2D eigenvalue weighted by molar-refractivity contribution is -0.142. The minimum atomic E-state index is -3.68. The van der Waals surface area contributed by atoms with E-state index in [-0.39, 0.29) is 36.7 Å². The zero-order valence-corrected chi connectivity index (χ0v) is 21.6. The van der Waals surface area contributed by atoms with Gasteiger partial charge in [-0.2, -0.15) is 4.31 Å². The molecule has 2 atom stereocenters. The van der Waals surface area contributed by atoms with Gasteiger partial charge >= 0.3 is 5.97 Å². The number of hydrogen-bond donors (Lipinski definition) is 2. The van der Waals surface area contributed by atoms with Gasteiger partial charge in [0, 0.05) is 19.1 Å². The summed E-state index contributed by atoms with van der Waals surface area (Å²) in [6.45, 7) is 1.95. The van der Waals surface area contributed by atoms with Gasteiger partial charge in [-0.05, 0) is 49.4 Å². The Morgan fingerprint density at radius 3 is 1.95 bits per heavy atom. The Kier molecular flexibility index (Phi) is 8.10. The van der Waals surface area contributed by atoms with Crippen LogP contribution in [0.1, 0.15) is 30.9 Å². The van der Waals surface area contributed by atoms with Crippen molar-refractivity contribution >= 4 is 21.9 Å². The highest BCUT2D eigenvalue weighted by Gasteiger charge is 2.46. The fraction of sp³-hybridized carbons (Fsp3) is 0.310. The lowest BCUT2D eigenvalue weighted by atomic mass is 9.72. The largest absolute Gasteiger partial charge is 0.481 e. The van der Waals surface area contributed by atoms with Crippen LogP contribution in [-0.4, -0.2) is 48.8 Å². The molecule has 0 spiro atoms. The number of carbonyl (C=O) groups is 2. The topological polar surface area (TPSA) is 104 Å². The van der Waals surface area contributed by atoms with Gasteiger partial charge in [0.2, 0.25) is 15.9 Å². The summed E-state index contributed by atoms with van der Waals surface area (Å²) in [5.74, 6) is -2.07. The first-order valence-electron chi connectivity index (χ1n) is 12.4. The number of nitrogens with zero attached hydrogens (tertiary/aromatic N) is 1. The van der Waals surface area contributed by atoms with Crippen LogP contribution in [0.3, 0.4) is 0 Å². The van der Waals surface area contributed by atoms with Crippen LogP contribution in [-0.2, 0) is 31.4 Å².